The third-order valence-electron chi connectivity index (χ3n) is 4.01. The molecular formula is C12H24O12S2. The average molecular weight is 424 g/mol. The fourth-order valence-corrected chi connectivity index (χ4v) is 5.63. The Kier molecular flexibility index (Phi) is 11.1. The zero-order valence-electron chi connectivity index (χ0n) is 13.5. The van der Waals surface area contributed by atoms with Gasteiger partial charge in [-0.2, -0.15) is 0 Å². The summed E-state index contributed by atoms with van der Waals surface area (Å²) < 4.78 is 8.77. The molecule has 0 bridgehead atoms. The smallest absolute Gasteiger partial charge is 0.194 e. The Morgan fingerprint density at radius 1 is 1.08 bits per heavy atom. The lowest BCUT2D eigenvalue weighted by Gasteiger charge is -2.30. The topological polar surface area (TPSA) is 213 Å². The van der Waals surface area contributed by atoms with Gasteiger partial charge in [-0.1, -0.05) is 0 Å². The second kappa shape index (κ2) is 11.9. The van der Waals surface area contributed by atoms with Crippen LogP contribution in [0.5, 0.6) is 0 Å². The summed E-state index contributed by atoms with van der Waals surface area (Å²) in [6.45, 7) is -1.31. The zero-order chi connectivity index (χ0) is 19.9. The van der Waals surface area contributed by atoms with Crippen molar-refractivity contribution in [1.82, 2.24) is 0 Å². The lowest BCUT2D eigenvalue weighted by molar-refractivity contribution is -0.777. The summed E-state index contributed by atoms with van der Waals surface area (Å²) in [5.41, 5.74) is 0. The monoisotopic (exact) mass is 424 g/mol. The molecule has 0 aromatic rings. The molecule has 9 atom stereocenters. The third-order valence-corrected chi connectivity index (χ3v) is 7.24. The molecule has 1 aliphatic heterocycles. The normalized spacial score (nSPS) is 32.2. The zero-order valence-corrected chi connectivity index (χ0v) is 15.1. The van der Waals surface area contributed by atoms with Crippen molar-refractivity contribution >= 4 is 23.2 Å². The van der Waals surface area contributed by atoms with E-state index in [1.807, 2.05) is 0 Å². The van der Waals surface area contributed by atoms with Gasteiger partial charge in [0.2, 0.25) is 0 Å². The highest BCUT2D eigenvalue weighted by Gasteiger charge is 2.51. The summed E-state index contributed by atoms with van der Waals surface area (Å²) in [6, 6.07) is 0. The first-order chi connectivity index (χ1) is 12.3. The van der Waals surface area contributed by atoms with E-state index in [0.717, 1.165) is 0 Å². The van der Waals surface area contributed by atoms with E-state index in [0.29, 0.717) is 0 Å². The van der Waals surface area contributed by atoms with Crippen molar-refractivity contribution in [3.63, 3.8) is 0 Å². The molecule has 0 aromatic heterocycles. The maximum absolute atomic E-state index is 10.4. The largest absolute Gasteiger partial charge is 0.691 e. The van der Waals surface area contributed by atoms with Crippen LogP contribution in [0, 0.1) is 0 Å². The van der Waals surface area contributed by atoms with Crippen LogP contribution in [0.2, 0.25) is 0 Å². The van der Waals surface area contributed by atoms with E-state index in [1.54, 1.807) is 0 Å². The third kappa shape index (κ3) is 6.39. The number of aliphatic hydroxyl groups excluding tert-OH is 8. The summed E-state index contributed by atoms with van der Waals surface area (Å²) in [5, 5.41) is 89.6. The number of aliphatic hydroxyl groups is 8. The maximum Gasteiger partial charge on any atom is 0.194 e. The molecule has 0 radical (unpaired) electrons. The highest BCUT2D eigenvalue weighted by Crippen LogP contribution is 2.27. The van der Waals surface area contributed by atoms with Gasteiger partial charge in [-0.3, -0.25) is 9.22 Å². The van der Waals surface area contributed by atoms with Crippen LogP contribution in [0.15, 0.2) is 0 Å². The molecule has 1 heterocycles. The van der Waals surface area contributed by atoms with Gasteiger partial charge >= 0.3 is 0 Å². The molecule has 1 fully saturated rings. The van der Waals surface area contributed by atoms with Crippen LogP contribution in [0.4, 0.5) is 0 Å². The number of hydrogen-bond acceptors (Lipinski definition) is 13. The minimum absolute atomic E-state index is 0.0347. The highest BCUT2D eigenvalue weighted by atomic mass is 32.2. The van der Waals surface area contributed by atoms with Crippen molar-refractivity contribution in [3.05, 3.63) is 0 Å². The predicted octanol–water partition coefficient (Wildman–Crippen LogP) is -5.69. The molecule has 0 spiro atoms. The van der Waals surface area contributed by atoms with Gasteiger partial charge in [0.25, 0.3) is 0 Å². The van der Waals surface area contributed by atoms with Gasteiger partial charge in [-0.05, 0) is 0 Å². The van der Waals surface area contributed by atoms with Crippen molar-refractivity contribution in [2.45, 2.75) is 48.0 Å². The van der Waals surface area contributed by atoms with E-state index in [2.05, 4.69) is 9.37 Å². The van der Waals surface area contributed by atoms with Gasteiger partial charge in [0, 0.05) is 10.9 Å². The van der Waals surface area contributed by atoms with Gasteiger partial charge in [-0.25, -0.2) is 0 Å². The Labute approximate surface area is 156 Å². The average Bonchev–Trinajstić information content (AvgIpc) is 2.89. The minimum Gasteiger partial charge on any atom is -0.691 e. The molecular weight excluding hydrogens is 400 g/mol. The molecule has 14 heteroatoms. The fourth-order valence-electron chi connectivity index (χ4n) is 2.56. The lowest BCUT2D eigenvalue weighted by atomic mass is 10.0. The van der Waals surface area contributed by atoms with Gasteiger partial charge in [-0.15, -0.1) is 4.33 Å². The van der Waals surface area contributed by atoms with Crippen molar-refractivity contribution in [1.29, 1.82) is 0 Å². The van der Waals surface area contributed by atoms with Crippen LogP contribution < -0.4 is 5.26 Å². The Hall–Kier alpha value is 0.220. The molecule has 8 N–H and O–H groups in total. The molecule has 12 nitrogen and oxygen atoms in total. The second-order valence-corrected chi connectivity index (χ2v) is 8.52. The van der Waals surface area contributed by atoms with E-state index in [9.17, 15) is 41.0 Å². The van der Waals surface area contributed by atoms with Crippen molar-refractivity contribution in [2.75, 3.05) is 24.7 Å². The molecule has 26 heavy (non-hydrogen) atoms. The van der Waals surface area contributed by atoms with E-state index < -0.39 is 72.1 Å². The van der Waals surface area contributed by atoms with Gasteiger partial charge in [0.1, 0.15) is 54.2 Å². The molecule has 0 aromatic carbocycles. The molecule has 0 saturated carbocycles. The van der Waals surface area contributed by atoms with Gasteiger partial charge < -0.3 is 46.1 Å². The van der Waals surface area contributed by atoms with Crippen LogP contribution in [0.3, 0.4) is 0 Å². The van der Waals surface area contributed by atoms with Crippen molar-refractivity contribution in [3.8, 4) is 0 Å². The van der Waals surface area contributed by atoms with E-state index in [-0.39, 0.29) is 23.8 Å². The van der Waals surface area contributed by atoms with Crippen LogP contribution in [-0.2, 0) is 24.5 Å². The summed E-state index contributed by atoms with van der Waals surface area (Å²) in [7, 11) is -0.853. The minimum atomic E-state index is -1.90. The predicted molar refractivity (Wildman–Crippen MR) is 85.7 cm³/mol. The van der Waals surface area contributed by atoms with Crippen molar-refractivity contribution in [2.24, 2.45) is 0 Å². The summed E-state index contributed by atoms with van der Waals surface area (Å²) in [4.78, 5) is 0. The Morgan fingerprint density at radius 3 is 2.27 bits per heavy atom. The summed E-state index contributed by atoms with van der Waals surface area (Å²) >= 11 is -0.0347. The number of rotatable bonds is 12. The van der Waals surface area contributed by atoms with E-state index in [4.69, 9.17) is 9.29 Å². The Balaban J connectivity index is 2.81. The molecule has 0 aliphatic carbocycles. The SMILES string of the molecule is [O-]OOSOC([C@H](O)C[S+]1C[C@@H](O)[C@H](O)[C@H]1CO)[C@@H](O)[C@@H](O)C(O)CO. The fraction of sp³-hybridized carbons (Fsp3) is 1.00. The quantitative estimate of drug-likeness (QED) is 0.0483. The van der Waals surface area contributed by atoms with Crippen LogP contribution in [0.1, 0.15) is 0 Å². The molecule has 0 amide bonds. The Morgan fingerprint density at radius 2 is 1.73 bits per heavy atom. The van der Waals surface area contributed by atoms with Crippen LogP contribution in [-0.4, -0.2) is 114 Å². The summed E-state index contributed by atoms with van der Waals surface area (Å²) in [6.07, 6.45) is -10.9. The maximum atomic E-state index is 10.4. The number of hydrogen-bond donors (Lipinski definition) is 8. The van der Waals surface area contributed by atoms with Gasteiger partial charge in [0.15, 0.2) is 17.6 Å². The molecule has 1 aliphatic rings. The lowest BCUT2D eigenvalue weighted by Crippen LogP contribution is -2.52. The molecule has 156 valence electrons. The highest BCUT2D eigenvalue weighted by molar-refractivity contribution is 7.97. The van der Waals surface area contributed by atoms with E-state index in [1.165, 1.54) is 0 Å². The standard InChI is InChI=1S/C12H24O12S2/c13-1-5(15)10(19)11(20)12(22-25-24-23-21)7(17)4-26-3-6(16)9(18)8(26)2-14/h5-20H,1-4H2/t5?,6-,7-,8-,9+,10+,11+,12?,26?/m1/s1. The van der Waals surface area contributed by atoms with Gasteiger partial charge in [0.05, 0.1) is 13.2 Å². The first-order valence-corrected chi connectivity index (χ1v) is 9.82. The molecule has 1 rings (SSSR count). The molecule has 3 unspecified atom stereocenters. The first kappa shape index (κ1) is 24.3. The first-order valence-electron chi connectivity index (χ1n) is 7.53. The summed E-state index contributed by atoms with van der Waals surface area (Å²) in [5.74, 6) is -0.0385. The van der Waals surface area contributed by atoms with E-state index >= 15 is 0 Å². The van der Waals surface area contributed by atoms with Crippen LogP contribution in [0.25, 0.3) is 0 Å². The van der Waals surface area contributed by atoms with Crippen molar-refractivity contribution < 1.29 is 59.7 Å². The van der Waals surface area contributed by atoms with Crippen LogP contribution >= 0.6 is 12.3 Å². The molecule has 1 saturated heterocycles. The second-order valence-electron chi connectivity index (χ2n) is 5.71. The Bertz CT molecular complexity index is 393.